The summed E-state index contributed by atoms with van der Waals surface area (Å²) in [6.07, 6.45) is 0.348. The maximum absolute atomic E-state index is 12.0. The second-order valence-electron chi connectivity index (χ2n) is 6.85. The van der Waals surface area contributed by atoms with Gasteiger partial charge in [0.25, 0.3) is 0 Å². The van der Waals surface area contributed by atoms with Crippen LogP contribution in [0.15, 0.2) is 48.5 Å². The van der Waals surface area contributed by atoms with Gasteiger partial charge in [-0.05, 0) is 43.7 Å². The van der Waals surface area contributed by atoms with Gasteiger partial charge in [0.15, 0.2) is 0 Å². The van der Waals surface area contributed by atoms with Gasteiger partial charge in [0.2, 0.25) is 0 Å². The number of hydrogen-bond donors (Lipinski definition) is 1. The first-order valence-corrected chi connectivity index (χ1v) is 10.4. The summed E-state index contributed by atoms with van der Waals surface area (Å²) in [4.78, 5) is 16.8. The zero-order chi connectivity index (χ0) is 20.5. The molecule has 1 amide bonds. The van der Waals surface area contributed by atoms with Crippen LogP contribution in [0.4, 0.5) is 16.2 Å². The Labute approximate surface area is 177 Å². The van der Waals surface area contributed by atoms with Crippen LogP contribution in [0.25, 0.3) is 0 Å². The van der Waals surface area contributed by atoms with E-state index in [9.17, 15) is 4.79 Å². The topological polar surface area (TPSA) is 54.0 Å². The van der Waals surface area contributed by atoms with Crippen molar-refractivity contribution in [1.29, 1.82) is 0 Å². The lowest BCUT2D eigenvalue weighted by Crippen LogP contribution is -2.46. The number of rotatable bonds is 8. The average molecular weight is 418 g/mol. The Bertz CT molecular complexity index is 794. The maximum atomic E-state index is 12.0. The van der Waals surface area contributed by atoms with Crippen molar-refractivity contribution in [2.24, 2.45) is 0 Å². The predicted octanol–water partition coefficient (Wildman–Crippen LogP) is 4.50. The van der Waals surface area contributed by atoms with E-state index in [2.05, 4.69) is 21.2 Å². The fourth-order valence-corrected chi connectivity index (χ4v) is 3.54. The average Bonchev–Trinajstić information content (AvgIpc) is 2.73. The molecule has 0 saturated carbocycles. The number of halogens is 1. The van der Waals surface area contributed by atoms with E-state index in [1.165, 1.54) is 5.69 Å². The molecule has 0 atom stereocenters. The Hall–Kier alpha value is -2.44. The predicted molar refractivity (Wildman–Crippen MR) is 117 cm³/mol. The first-order chi connectivity index (χ1) is 14.2. The highest BCUT2D eigenvalue weighted by molar-refractivity contribution is 6.30. The molecule has 0 spiro atoms. The van der Waals surface area contributed by atoms with Crippen LogP contribution in [0.5, 0.6) is 5.75 Å². The van der Waals surface area contributed by atoms with Crippen molar-refractivity contribution >= 4 is 29.1 Å². The SMILES string of the molecule is CCOc1ccccc1NC(=O)OCCCN1CCN(c2cccc(Cl)c2)CC1. The van der Waals surface area contributed by atoms with Gasteiger partial charge in [-0.1, -0.05) is 29.8 Å². The highest BCUT2D eigenvalue weighted by Crippen LogP contribution is 2.24. The summed E-state index contributed by atoms with van der Waals surface area (Å²) in [5.74, 6) is 0.643. The van der Waals surface area contributed by atoms with E-state index in [1.807, 2.05) is 43.3 Å². The van der Waals surface area contributed by atoms with Crippen molar-refractivity contribution in [1.82, 2.24) is 4.90 Å². The van der Waals surface area contributed by atoms with Gasteiger partial charge in [-0.15, -0.1) is 0 Å². The molecule has 156 valence electrons. The van der Waals surface area contributed by atoms with Crippen LogP contribution in [-0.4, -0.2) is 56.9 Å². The number of piperazine rings is 1. The van der Waals surface area contributed by atoms with E-state index in [4.69, 9.17) is 21.1 Å². The number of carbonyl (C=O) groups is 1. The summed E-state index contributed by atoms with van der Waals surface area (Å²) in [5, 5.41) is 3.51. The Kier molecular flexibility index (Phi) is 8.02. The van der Waals surface area contributed by atoms with Crippen LogP contribution in [0.2, 0.25) is 5.02 Å². The van der Waals surface area contributed by atoms with Gasteiger partial charge >= 0.3 is 6.09 Å². The Morgan fingerprint density at radius 1 is 1.10 bits per heavy atom. The lowest BCUT2D eigenvalue weighted by molar-refractivity contribution is 0.151. The second-order valence-corrected chi connectivity index (χ2v) is 7.29. The minimum absolute atomic E-state index is 0.386. The maximum Gasteiger partial charge on any atom is 0.411 e. The zero-order valence-corrected chi connectivity index (χ0v) is 17.5. The molecule has 1 saturated heterocycles. The minimum Gasteiger partial charge on any atom is -0.492 e. The standard InChI is InChI=1S/C22H28ClN3O3/c1-2-28-21-10-4-3-9-20(21)24-22(27)29-16-6-11-25-12-14-26(15-13-25)19-8-5-7-18(23)17-19/h3-5,7-10,17H,2,6,11-16H2,1H3,(H,24,27). The van der Waals surface area contributed by atoms with Crippen LogP contribution in [0, 0.1) is 0 Å². The van der Waals surface area contributed by atoms with E-state index < -0.39 is 6.09 Å². The minimum atomic E-state index is -0.456. The highest BCUT2D eigenvalue weighted by atomic mass is 35.5. The molecule has 1 aliphatic rings. The summed E-state index contributed by atoms with van der Waals surface area (Å²) < 4.78 is 10.8. The van der Waals surface area contributed by atoms with Crippen LogP contribution in [-0.2, 0) is 4.74 Å². The van der Waals surface area contributed by atoms with Crippen molar-refractivity contribution in [3.8, 4) is 5.75 Å². The van der Waals surface area contributed by atoms with Gasteiger partial charge in [0.05, 0.1) is 18.9 Å². The number of para-hydroxylation sites is 2. The number of hydrogen-bond acceptors (Lipinski definition) is 5. The molecule has 2 aromatic carbocycles. The summed E-state index contributed by atoms with van der Waals surface area (Å²) in [7, 11) is 0. The van der Waals surface area contributed by atoms with Crippen molar-refractivity contribution in [3.05, 3.63) is 53.6 Å². The molecule has 1 N–H and O–H groups in total. The van der Waals surface area contributed by atoms with Gasteiger partial charge in [0, 0.05) is 43.4 Å². The van der Waals surface area contributed by atoms with Crippen LogP contribution in [0.3, 0.4) is 0 Å². The van der Waals surface area contributed by atoms with Crippen LogP contribution in [0.1, 0.15) is 13.3 Å². The highest BCUT2D eigenvalue weighted by Gasteiger charge is 2.17. The summed E-state index contributed by atoms with van der Waals surface area (Å²) >= 11 is 6.09. The monoisotopic (exact) mass is 417 g/mol. The van der Waals surface area contributed by atoms with E-state index in [0.717, 1.165) is 44.2 Å². The molecule has 1 fully saturated rings. The Morgan fingerprint density at radius 3 is 2.66 bits per heavy atom. The van der Waals surface area contributed by atoms with E-state index in [-0.39, 0.29) is 0 Å². The number of carbonyl (C=O) groups excluding carboxylic acids is 1. The van der Waals surface area contributed by atoms with Gasteiger partial charge in [-0.2, -0.15) is 0 Å². The molecule has 0 radical (unpaired) electrons. The number of amides is 1. The molecule has 3 rings (SSSR count). The second kappa shape index (κ2) is 10.9. The van der Waals surface area contributed by atoms with Crippen LogP contribution >= 0.6 is 11.6 Å². The Morgan fingerprint density at radius 2 is 1.90 bits per heavy atom. The summed E-state index contributed by atoms with van der Waals surface area (Å²) in [6, 6.07) is 15.3. The van der Waals surface area contributed by atoms with E-state index >= 15 is 0 Å². The third-order valence-corrected chi connectivity index (χ3v) is 5.06. The first kappa shape index (κ1) is 21.3. The third-order valence-electron chi connectivity index (χ3n) is 4.82. The fourth-order valence-electron chi connectivity index (χ4n) is 3.35. The van der Waals surface area contributed by atoms with Crippen molar-refractivity contribution < 1.29 is 14.3 Å². The van der Waals surface area contributed by atoms with Crippen molar-refractivity contribution in [3.63, 3.8) is 0 Å². The quantitative estimate of drug-likeness (QED) is 0.641. The number of ether oxygens (including phenoxy) is 2. The van der Waals surface area contributed by atoms with Gasteiger partial charge < -0.3 is 14.4 Å². The zero-order valence-electron chi connectivity index (χ0n) is 16.8. The number of benzene rings is 2. The molecular weight excluding hydrogens is 390 g/mol. The molecule has 0 aliphatic carbocycles. The van der Waals surface area contributed by atoms with Gasteiger partial charge in [-0.3, -0.25) is 10.2 Å². The molecule has 1 aliphatic heterocycles. The molecule has 6 nitrogen and oxygen atoms in total. The van der Waals surface area contributed by atoms with Crippen molar-refractivity contribution in [2.45, 2.75) is 13.3 Å². The van der Waals surface area contributed by atoms with E-state index in [1.54, 1.807) is 6.07 Å². The Balaban J connectivity index is 1.33. The third kappa shape index (κ3) is 6.54. The molecule has 0 aromatic heterocycles. The molecule has 0 bridgehead atoms. The summed E-state index contributed by atoms with van der Waals surface area (Å²) in [6.45, 7) is 7.65. The molecule has 1 heterocycles. The lowest BCUT2D eigenvalue weighted by Gasteiger charge is -2.36. The van der Waals surface area contributed by atoms with Crippen LogP contribution < -0.4 is 15.0 Å². The number of anilines is 2. The van der Waals surface area contributed by atoms with Gasteiger partial charge in [0.1, 0.15) is 5.75 Å². The molecule has 7 heteroatoms. The lowest BCUT2D eigenvalue weighted by atomic mass is 10.2. The first-order valence-electron chi connectivity index (χ1n) is 10.0. The smallest absolute Gasteiger partial charge is 0.411 e. The van der Waals surface area contributed by atoms with Crippen molar-refractivity contribution in [2.75, 3.05) is 56.2 Å². The molecule has 29 heavy (non-hydrogen) atoms. The molecular formula is C22H28ClN3O3. The number of nitrogens with one attached hydrogen (secondary N) is 1. The largest absolute Gasteiger partial charge is 0.492 e. The fraction of sp³-hybridized carbons (Fsp3) is 0.409. The van der Waals surface area contributed by atoms with Gasteiger partial charge in [-0.25, -0.2) is 4.79 Å². The summed E-state index contributed by atoms with van der Waals surface area (Å²) in [5.41, 5.74) is 1.79. The number of nitrogens with zero attached hydrogens (tertiary/aromatic N) is 2. The normalized spacial score (nSPS) is 14.5. The van der Waals surface area contributed by atoms with E-state index in [0.29, 0.717) is 24.7 Å². The molecule has 2 aromatic rings. The molecule has 0 unspecified atom stereocenters.